The van der Waals surface area contributed by atoms with Gasteiger partial charge in [0.2, 0.25) is 0 Å². The Morgan fingerprint density at radius 1 is 1.10 bits per heavy atom. The molecule has 0 atom stereocenters. The fourth-order valence-electron chi connectivity index (χ4n) is 2.13. The van der Waals surface area contributed by atoms with Gasteiger partial charge in [0.1, 0.15) is 12.7 Å². The van der Waals surface area contributed by atoms with E-state index in [0.29, 0.717) is 12.1 Å². The molecule has 0 saturated carbocycles. The van der Waals surface area contributed by atoms with E-state index in [9.17, 15) is 0 Å². The Labute approximate surface area is 122 Å². The van der Waals surface area contributed by atoms with Crippen LogP contribution < -0.4 is 5.32 Å². The molecule has 0 fully saturated rings. The molecule has 3 rings (SSSR count). The summed E-state index contributed by atoms with van der Waals surface area (Å²) in [5.41, 5.74) is 3.51. The van der Waals surface area contributed by atoms with Crippen LogP contribution in [-0.4, -0.2) is 14.8 Å². The highest BCUT2D eigenvalue weighted by molar-refractivity contribution is 5.60. The van der Waals surface area contributed by atoms with Gasteiger partial charge in [-0.1, -0.05) is 30.3 Å². The van der Waals surface area contributed by atoms with Crippen molar-refractivity contribution < 1.29 is 0 Å². The van der Waals surface area contributed by atoms with E-state index in [0.717, 1.165) is 16.9 Å². The Morgan fingerprint density at radius 2 is 1.90 bits per heavy atom. The molecule has 0 aliphatic heterocycles. The van der Waals surface area contributed by atoms with Crippen LogP contribution >= 0.6 is 0 Å². The lowest BCUT2D eigenvalue weighted by molar-refractivity contribution is 0.877. The van der Waals surface area contributed by atoms with Gasteiger partial charge >= 0.3 is 0 Å². The molecule has 0 unspecified atom stereocenters. The van der Waals surface area contributed by atoms with Gasteiger partial charge < -0.3 is 5.32 Å². The summed E-state index contributed by atoms with van der Waals surface area (Å²) >= 11 is 0. The van der Waals surface area contributed by atoms with Crippen molar-refractivity contribution >= 4 is 5.69 Å². The van der Waals surface area contributed by atoms with E-state index in [1.165, 1.54) is 6.33 Å². The molecule has 0 radical (unpaired) electrons. The molecule has 1 N–H and O–H groups in total. The molecule has 0 aliphatic carbocycles. The third-order valence-corrected chi connectivity index (χ3v) is 3.18. The highest BCUT2D eigenvalue weighted by Gasteiger charge is 2.05. The molecular weight excluding hydrogens is 262 g/mol. The van der Waals surface area contributed by atoms with Crippen LogP contribution in [-0.2, 0) is 6.54 Å². The van der Waals surface area contributed by atoms with Gasteiger partial charge in [-0.3, -0.25) is 0 Å². The van der Waals surface area contributed by atoms with Crippen molar-refractivity contribution in [2.45, 2.75) is 6.54 Å². The fourth-order valence-corrected chi connectivity index (χ4v) is 2.13. The lowest BCUT2D eigenvalue weighted by Gasteiger charge is -2.12. The summed E-state index contributed by atoms with van der Waals surface area (Å²) in [5.74, 6) is 0. The summed E-state index contributed by atoms with van der Waals surface area (Å²) in [7, 11) is 0. The number of anilines is 1. The summed E-state index contributed by atoms with van der Waals surface area (Å²) in [5, 5.41) is 16.6. The average Bonchev–Trinajstić information content (AvgIpc) is 3.08. The monoisotopic (exact) mass is 275 g/mol. The molecule has 3 aromatic rings. The van der Waals surface area contributed by atoms with Crippen molar-refractivity contribution in [1.82, 2.24) is 14.8 Å². The van der Waals surface area contributed by atoms with Crippen LogP contribution in [0.25, 0.3) is 5.69 Å². The van der Waals surface area contributed by atoms with E-state index in [-0.39, 0.29) is 0 Å². The van der Waals surface area contributed by atoms with Gasteiger partial charge in [-0.2, -0.15) is 10.4 Å². The van der Waals surface area contributed by atoms with E-state index >= 15 is 0 Å². The first-order valence-electron chi connectivity index (χ1n) is 6.54. The number of para-hydroxylation sites is 2. The molecule has 5 nitrogen and oxygen atoms in total. The largest absolute Gasteiger partial charge is 0.379 e. The van der Waals surface area contributed by atoms with Crippen molar-refractivity contribution in [2.75, 3.05) is 5.32 Å². The first kappa shape index (κ1) is 12.9. The maximum absolute atomic E-state index is 9.12. The number of hydrogen-bond acceptors (Lipinski definition) is 4. The van der Waals surface area contributed by atoms with E-state index in [4.69, 9.17) is 5.26 Å². The summed E-state index contributed by atoms with van der Waals surface area (Å²) in [6, 6.07) is 17.6. The van der Waals surface area contributed by atoms with Crippen LogP contribution in [0, 0.1) is 11.3 Å². The van der Waals surface area contributed by atoms with Gasteiger partial charge in [0.25, 0.3) is 0 Å². The molecular formula is C16H13N5. The highest BCUT2D eigenvalue weighted by atomic mass is 15.3. The van der Waals surface area contributed by atoms with Gasteiger partial charge in [0.15, 0.2) is 0 Å². The summed E-state index contributed by atoms with van der Waals surface area (Å²) < 4.78 is 1.71. The maximum Gasteiger partial charge on any atom is 0.138 e. The van der Waals surface area contributed by atoms with Crippen LogP contribution in [0.4, 0.5) is 5.69 Å². The molecule has 2 aromatic carbocycles. The third kappa shape index (κ3) is 2.74. The molecule has 1 aromatic heterocycles. The van der Waals surface area contributed by atoms with Crippen molar-refractivity contribution in [2.24, 2.45) is 0 Å². The molecule has 0 amide bonds. The zero-order chi connectivity index (χ0) is 14.5. The third-order valence-electron chi connectivity index (χ3n) is 3.18. The second kappa shape index (κ2) is 5.88. The van der Waals surface area contributed by atoms with Crippen molar-refractivity contribution in [3.05, 3.63) is 72.3 Å². The molecule has 21 heavy (non-hydrogen) atoms. The van der Waals surface area contributed by atoms with Crippen LogP contribution in [0.1, 0.15) is 11.1 Å². The highest BCUT2D eigenvalue weighted by Crippen LogP contribution is 2.20. The number of nitrogens with zero attached hydrogens (tertiary/aromatic N) is 4. The first-order chi connectivity index (χ1) is 10.4. The summed E-state index contributed by atoms with van der Waals surface area (Å²) in [6.07, 6.45) is 3.16. The maximum atomic E-state index is 9.12. The molecule has 102 valence electrons. The minimum absolute atomic E-state index is 0.579. The Kier molecular flexibility index (Phi) is 3.61. The molecule has 0 bridgehead atoms. The SMILES string of the molecule is N#Cc1ccccc1CNc1ccccc1-n1cncn1. The Bertz CT molecular complexity index is 771. The number of rotatable bonds is 4. The van der Waals surface area contributed by atoms with Gasteiger partial charge in [0, 0.05) is 6.54 Å². The Hall–Kier alpha value is -3.13. The minimum Gasteiger partial charge on any atom is -0.379 e. The van der Waals surface area contributed by atoms with E-state index < -0.39 is 0 Å². The number of hydrogen-bond donors (Lipinski definition) is 1. The predicted octanol–water partition coefficient (Wildman–Crippen LogP) is 2.75. The molecule has 0 saturated heterocycles. The number of aromatic nitrogens is 3. The Balaban J connectivity index is 1.85. The smallest absolute Gasteiger partial charge is 0.138 e. The van der Waals surface area contributed by atoms with Crippen molar-refractivity contribution in [3.8, 4) is 11.8 Å². The normalized spacial score (nSPS) is 10.0. The van der Waals surface area contributed by atoms with Crippen molar-refractivity contribution in [3.63, 3.8) is 0 Å². The van der Waals surface area contributed by atoms with Gasteiger partial charge in [-0.25, -0.2) is 9.67 Å². The van der Waals surface area contributed by atoms with Crippen LogP contribution in [0.2, 0.25) is 0 Å². The second-order valence-corrected chi connectivity index (χ2v) is 4.48. The van der Waals surface area contributed by atoms with Crippen LogP contribution in [0.15, 0.2) is 61.2 Å². The molecule has 0 spiro atoms. The zero-order valence-corrected chi connectivity index (χ0v) is 11.3. The Morgan fingerprint density at radius 3 is 2.71 bits per heavy atom. The number of nitrogens with one attached hydrogen (secondary N) is 1. The standard InChI is InChI=1S/C16H13N5/c17-9-13-5-1-2-6-14(13)10-19-15-7-3-4-8-16(15)21-12-18-11-20-21/h1-8,11-12,19H,10H2. The first-order valence-corrected chi connectivity index (χ1v) is 6.54. The van der Waals surface area contributed by atoms with Gasteiger partial charge in [-0.15, -0.1) is 0 Å². The van der Waals surface area contributed by atoms with Gasteiger partial charge in [-0.05, 0) is 23.8 Å². The number of nitriles is 1. The van der Waals surface area contributed by atoms with E-state index in [1.54, 1.807) is 11.0 Å². The summed E-state index contributed by atoms with van der Waals surface area (Å²) in [6.45, 7) is 0.579. The van der Waals surface area contributed by atoms with Crippen LogP contribution in [0.5, 0.6) is 0 Å². The van der Waals surface area contributed by atoms with Gasteiger partial charge in [0.05, 0.1) is 23.0 Å². The molecule has 5 heteroatoms. The zero-order valence-electron chi connectivity index (χ0n) is 11.3. The predicted molar refractivity (Wildman–Crippen MR) is 79.8 cm³/mol. The fraction of sp³-hybridized carbons (Fsp3) is 0.0625. The average molecular weight is 275 g/mol. The lowest BCUT2D eigenvalue weighted by atomic mass is 10.1. The topological polar surface area (TPSA) is 66.5 Å². The lowest BCUT2D eigenvalue weighted by Crippen LogP contribution is -2.05. The van der Waals surface area contributed by atoms with E-state index in [2.05, 4.69) is 21.5 Å². The van der Waals surface area contributed by atoms with Crippen LogP contribution in [0.3, 0.4) is 0 Å². The van der Waals surface area contributed by atoms with Crippen molar-refractivity contribution in [1.29, 1.82) is 5.26 Å². The summed E-state index contributed by atoms with van der Waals surface area (Å²) in [4.78, 5) is 3.97. The van der Waals surface area contributed by atoms with E-state index in [1.807, 2.05) is 48.5 Å². The molecule has 1 heterocycles. The molecule has 0 aliphatic rings. The second-order valence-electron chi connectivity index (χ2n) is 4.48. The minimum atomic E-state index is 0.579. The number of benzene rings is 2. The quantitative estimate of drug-likeness (QED) is 0.795.